The zero-order chi connectivity index (χ0) is 15.3. The zero-order valence-electron chi connectivity index (χ0n) is 12.7. The minimum Gasteiger partial charge on any atom is -0.395 e. The molecular formula is C17H24N2O2. The maximum absolute atomic E-state index is 11.8. The van der Waals surface area contributed by atoms with Crippen LogP contribution in [-0.4, -0.2) is 22.6 Å². The molecule has 4 heteroatoms. The topological polar surface area (TPSA) is 62.2 Å². The van der Waals surface area contributed by atoms with Gasteiger partial charge in [-0.2, -0.15) is 0 Å². The Morgan fingerprint density at radius 3 is 2.90 bits per heavy atom. The SMILES string of the molecule is CCCCCCCC(=O)Nc1cc(C#CCCO)ccn1. The van der Waals surface area contributed by atoms with Crippen LogP contribution in [0.4, 0.5) is 5.82 Å². The monoisotopic (exact) mass is 288 g/mol. The molecule has 1 amide bonds. The van der Waals surface area contributed by atoms with E-state index in [2.05, 4.69) is 29.1 Å². The normalized spacial score (nSPS) is 9.81. The Morgan fingerprint density at radius 2 is 2.14 bits per heavy atom. The van der Waals surface area contributed by atoms with Crippen LogP contribution in [0.15, 0.2) is 18.3 Å². The van der Waals surface area contributed by atoms with Gasteiger partial charge in [-0.1, -0.05) is 44.4 Å². The molecule has 0 atom stereocenters. The fourth-order valence-corrected chi connectivity index (χ4v) is 1.89. The molecule has 0 aliphatic rings. The Balaban J connectivity index is 2.38. The number of nitrogens with zero attached hydrogens (tertiary/aromatic N) is 1. The van der Waals surface area contributed by atoms with E-state index in [9.17, 15) is 4.79 Å². The van der Waals surface area contributed by atoms with Gasteiger partial charge >= 0.3 is 0 Å². The quantitative estimate of drug-likeness (QED) is 0.570. The molecule has 0 unspecified atom stereocenters. The lowest BCUT2D eigenvalue weighted by molar-refractivity contribution is -0.116. The van der Waals surface area contributed by atoms with Crippen molar-refractivity contribution in [3.05, 3.63) is 23.9 Å². The number of aliphatic hydroxyl groups excluding tert-OH is 1. The van der Waals surface area contributed by atoms with E-state index >= 15 is 0 Å². The van der Waals surface area contributed by atoms with E-state index < -0.39 is 0 Å². The van der Waals surface area contributed by atoms with Gasteiger partial charge in [0.15, 0.2) is 0 Å². The van der Waals surface area contributed by atoms with Gasteiger partial charge in [-0.15, -0.1) is 0 Å². The third kappa shape index (κ3) is 8.11. The lowest BCUT2D eigenvalue weighted by Gasteiger charge is -2.04. The number of pyridine rings is 1. The highest BCUT2D eigenvalue weighted by Crippen LogP contribution is 2.09. The number of carbonyl (C=O) groups is 1. The maximum atomic E-state index is 11.8. The van der Waals surface area contributed by atoms with Crippen molar-refractivity contribution in [2.45, 2.75) is 51.9 Å². The minimum atomic E-state index is -0.000495. The van der Waals surface area contributed by atoms with Crippen LogP contribution >= 0.6 is 0 Å². The van der Waals surface area contributed by atoms with Crippen molar-refractivity contribution in [3.63, 3.8) is 0 Å². The molecule has 1 rings (SSSR count). The predicted molar refractivity (Wildman–Crippen MR) is 84.8 cm³/mol. The molecule has 1 heterocycles. The molecule has 0 fully saturated rings. The summed E-state index contributed by atoms with van der Waals surface area (Å²) in [5.41, 5.74) is 0.789. The molecule has 0 bridgehead atoms. The highest BCUT2D eigenvalue weighted by Gasteiger charge is 2.03. The van der Waals surface area contributed by atoms with Crippen LogP contribution in [0.25, 0.3) is 0 Å². The Labute approximate surface area is 127 Å². The lowest BCUT2D eigenvalue weighted by atomic mass is 10.1. The van der Waals surface area contributed by atoms with Crippen molar-refractivity contribution in [1.82, 2.24) is 4.98 Å². The van der Waals surface area contributed by atoms with Crippen LogP contribution in [0.3, 0.4) is 0 Å². The second-order valence-electron chi connectivity index (χ2n) is 4.92. The summed E-state index contributed by atoms with van der Waals surface area (Å²) in [6.07, 6.45) is 8.26. The van der Waals surface area contributed by atoms with E-state index in [-0.39, 0.29) is 12.5 Å². The molecule has 0 radical (unpaired) electrons. The molecule has 2 N–H and O–H groups in total. The van der Waals surface area contributed by atoms with Gasteiger partial charge < -0.3 is 10.4 Å². The maximum Gasteiger partial charge on any atom is 0.225 e. The van der Waals surface area contributed by atoms with E-state index in [4.69, 9.17) is 5.11 Å². The average molecular weight is 288 g/mol. The molecule has 1 aromatic rings. The first-order valence-corrected chi connectivity index (χ1v) is 7.62. The average Bonchev–Trinajstić information content (AvgIpc) is 2.48. The third-order valence-corrected chi connectivity index (χ3v) is 3.00. The van der Waals surface area contributed by atoms with Gasteiger partial charge in [0.2, 0.25) is 5.91 Å². The number of rotatable bonds is 8. The first-order valence-electron chi connectivity index (χ1n) is 7.62. The summed E-state index contributed by atoms with van der Waals surface area (Å²) in [6, 6.07) is 3.53. The summed E-state index contributed by atoms with van der Waals surface area (Å²) in [7, 11) is 0. The Bertz CT molecular complexity index is 489. The van der Waals surface area contributed by atoms with Crippen LogP contribution in [0, 0.1) is 11.8 Å². The summed E-state index contributed by atoms with van der Waals surface area (Å²) in [5.74, 6) is 6.30. The first kappa shape index (κ1) is 17.2. The first-order chi connectivity index (χ1) is 10.3. The summed E-state index contributed by atoms with van der Waals surface area (Å²) < 4.78 is 0. The lowest BCUT2D eigenvalue weighted by Crippen LogP contribution is -2.12. The van der Waals surface area contributed by atoms with Crippen molar-refractivity contribution in [3.8, 4) is 11.8 Å². The van der Waals surface area contributed by atoms with Crippen LogP contribution in [-0.2, 0) is 4.79 Å². The number of anilines is 1. The second-order valence-corrected chi connectivity index (χ2v) is 4.92. The number of amides is 1. The molecule has 0 aromatic carbocycles. The molecule has 0 aliphatic heterocycles. The largest absolute Gasteiger partial charge is 0.395 e. The Morgan fingerprint density at radius 1 is 1.33 bits per heavy atom. The number of hydrogen-bond acceptors (Lipinski definition) is 3. The summed E-state index contributed by atoms with van der Waals surface area (Å²) in [4.78, 5) is 15.9. The van der Waals surface area contributed by atoms with Crippen molar-refractivity contribution in [2.24, 2.45) is 0 Å². The fourth-order valence-electron chi connectivity index (χ4n) is 1.89. The molecule has 0 aliphatic carbocycles. The Hall–Kier alpha value is -1.86. The molecule has 4 nitrogen and oxygen atoms in total. The predicted octanol–water partition coefficient (Wildman–Crippen LogP) is 3.11. The van der Waals surface area contributed by atoms with Crippen molar-refractivity contribution >= 4 is 11.7 Å². The molecular weight excluding hydrogens is 264 g/mol. The number of aromatic nitrogens is 1. The summed E-state index contributed by atoms with van der Waals surface area (Å²) in [5, 5.41) is 11.5. The highest BCUT2D eigenvalue weighted by molar-refractivity contribution is 5.89. The van der Waals surface area contributed by atoms with Gasteiger partial charge in [-0.25, -0.2) is 4.98 Å². The van der Waals surface area contributed by atoms with Gasteiger partial charge in [0, 0.05) is 24.6 Å². The molecule has 114 valence electrons. The highest BCUT2D eigenvalue weighted by atomic mass is 16.2. The van der Waals surface area contributed by atoms with Crippen LogP contribution < -0.4 is 5.32 Å². The van der Waals surface area contributed by atoms with Crippen LogP contribution in [0.1, 0.15) is 57.4 Å². The summed E-state index contributed by atoms with van der Waals surface area (Å²) in [6.45, 7) is 2.23. The van der Waals surface area contributed by atoms with Gasteiger partial charge in [-0.05, 0) is 18.6 Å². The molecule has 21 heavy (non-hydrogen) atoms. The molecule has 0 saturated carbocycles. The number of aliphatic hydroxyl groups is 1. The number of hydrogen-bond donors (Lipinski definition) is 2. The van der Waals surface area contributed by atoms with E-state index in [0.29, 0.717) is 18.7 Å². The van der Waals surface area contributed by atoms with Crippen molar-refractivity contribution < 1.29 is 9.90 Å². The van der Waals surface area contributed by atoms with Crippen molar-refractivity contribution in [1.29, 1.82) is 0 Å². The van der Waals surface area contributed by atoms with Gasteiger partial charge in [0.05, 0.1) is 6.61 Å². The van der Waals surface area contributed by atoms with Crippen molar-refractivity contribution in [2.75, 3.05) is 11.9 Å². The smallest absolute Gasteiger partial charge is 0.225 e. The minimum absolute atomic E-state index is 0.000495. The Kier molecular flexibility index (Phi) is 8.90. The van der Waals surface area contributed by atoms with Gasteiger partial charge in [0.25, 0.3) is 0 Å². The van der Waals surface area contributed by atoms with E-state index in [1.807, 2.05) is 0 Å². The van der Waals surface area contributed by atoms with E-state index in [0.717, 1.165) is 18.4 Å². The van der Waals surface area contributed by atoms with Gasteiger partial charge in [-0.3, -0.25) is 4.79 Å². The van der Waals surface area contributed by atoms with Crippen LogP contribution in [0.2, 0.25) is 0 Å². The second kappa shape index (κ2) is 10.9. The molecule has 1 aromatic heterocycles. The standard InChI is InChI=1S/C17H24N2O2/c1-2-3-4-5-6-10-17(21)19-16-14-15(11-12-18-16)9-7-8-13-20/h11-12,14,20H,2-6,8,10,13H2,1H3,(H,18,19,21). The molecule has 0 saturated heterocycles. The third-order valence-electron chi connectivity index (χ3n) is 3.00. The fraction of sp³-hybridized carbons (Fsp3) is 0.529. The molecule has 0 spiro atoms. The van der Waals surface area contributed by atoms with E-state index in [1.54, 1.807) is 18.3 Å². The van der Waals surface area contributed by atoms with Gasteiger partial charge in [0.1, 0.15) is 5.82 Å². The van der Waals surface area contributed by atoms with E-state index in [1.165, 1.54) is 19.3 Å². The number of nitrogens with one attached hydrogen (secondary N) is 1. The van der Waals surface area contributed by atoms with Crippen LogP contribution in [0.5, 0.6) is 0 Å². The number of unbranched alkanes of at least 4 members (excludes halogenated alkanes) is 4. The summed E-state index contributed by atoms with van der Waals surface area (Å²) >= 11 is 0. The number of carbonyl (C=O) groups excluding carboxylic acids is 1. The zero-order valence-corrected chi connectivity index (χ0v) is 12.7.